The minimum Gasteiger partial charge on any atom is -0.385 e. The molecule has 0 amide bonds. The summed E-state index contributed by atoms with van der Waals surface area (Å²) in [6, 6.07) is 6.40. The molecular weight excluding hydrogens is 186 g/mol. The zero-order chi connectivity index (χ0) is 10.5. The Hall–Kier alpha value is -0.860. The molecule has 0 radical (unpaired) electrons. The molecule has 0 atom stereocenters. The van der Waals surface area contributed by atoms with E-state index in [1.807, 2.05) is 0 Å². The van der Waals surface area contributed by atoms with Crippen LogP contribution in [0, 0.1) is 0 Å². The Morgan fingerprint density at radius 1 is 1.33 bits per heavy atom. The molecule has 1 aromatic rings. The molecule has 0 unspecified atom stereocenters. The molecule has 1 fully saturated rings. The Kier molecular flexibility index (Phi) is 1.91. The predicted molar refractivity (Wildman–Crippen MR) is 59.6 cm³/mol. The predicted octanol–water partition coefficient (Wildman–Crippen LogP) is 1.66. The third-order valence-electron chi connectivity index (χ3n) is 3.69. The van der Waals surface area contributed by atoms with Crippen LogP contribution in [0.15, 0.2) is 18.2 Å². The molecule has 0 spiro atoms. The lowest BCUT2D eigenvalue weighted by atomic mass is 9.91. The lowest BCUT2D eigenvalue weighted by Gasteiger charge is -2.28. The minimum atomic E-state index is -0.483. The van der Waals surface area contributed by atoms with Crippen LogP contribution in [-0.4, -0.2) is 23.6 Å². The molecule has 15 heavy (non-hydrogen) atoms. The van der Waals surface area contributed by atoms with Crippen molar-refractivity contribution in [3.63, 3.8) is 0 Å². The van der Waals surface area contributed by atoms with Gasteiger partial charge >= 0.3 is 0 Å². The van der Waals surface area contributed by atoms with E-state index in [4.69, 9.17) is 0 Å². The van der Waals surface area contributed by atoms with Gasteiger partial charge in [-0.3, -0.25) is 0 Å². The second-order valence-corrected chi connectivity index (χ2v) is 4.96. The molecular formula is C13H17NO. The Balaban J connectivity index is 2.08. The van der Waals surface area contributed by atoms with E-state index in [0.717, 1.165) is 32.4 Å². The molecule has 1 aromatic carbocycles. The first kappa shape index (κ1) is 9.37. The summed E-state index contributed by atoms with van der Waals surface area (Å²) in [7, 11) is 2.15. The number of aliphatic hydroxyl groups is 1. The van der Waals surface area contributed by atoms with Crippen molar-refractivity contribution in [1.29, 1.82) is 0 Å². The summed E-state index contributed by atoms with van der Waals surface area (Å²) in [5.41, 5.74) is 3.52. The number of hydrogen-bond acceptors (Lipinski definition) is 2. The molecule has 2 aliphatic rings. The van der Waals surface area contributed by atoms with Crippen molar-refractivity contribution in [3.05, 3.63) is 34.9 Å². The molecule has 1 saturated carbocycles. The zero-order valence-corrected chi connectivity index (χ0v) is 9.16. The second-order valence-electron chi connectivity index (χ2n) is 4.96. The summed E-state index contributed by atoms with van der Waals surface area (Å²) in [5, 5.41) is 10.2. The van der Waals surface area contributed by atoms with Crippen LogP contribution >= 0.6 is 0 Å². The molecule has 1 heterocycles. The molecule has 1 aliphatic carbocycles. The van der Waals surface area contributed by atoms with Crippen molar-refractivity contribution in [2.75, 3.05) is 13.6 Å². The maximum atomic E-state index is 10.2. The normalized spacial score (nSPS) is 23.6. The van der Waals surface area contributed by atoms with Crippen molar-refractivity contribution in [3.8, 4) is 0 Å². The third-order valence-corrected chi connectivity index (χ3v) is 3.69. The molecule has 0 aromatic heterocycles. The molecule has 80 valence electrons. The van der Waals surface area contributed by atoms with Crippen LogP contribution in [0.5, 0.6) is 0 Å². The van der Waals surface area contributed by atoms with Crippen molar-refractivity contribution in [2.24, 2.45) is 0 Å². The highest BCUT2D eigenvalue weighted by molar-refractivity contribution is 5.42. The van der Waals surface area contributed by atoms with E-state index in [1.54, 1.807) is 0 Å². The van der Waals surface area contributed by atoms with Crippen LogP contribution in [0.2, 0.25) is 0 Å². The maximum absolute atomic E-state index is 10.2. The van der Waals surface area contributed by atoms with E-state index in [1.165, 1.54) is 16.7 Å². The quantitative estimate of drug-likeness (QED) is 0.750. The van der Waals surface area contributed by atoms with Crippen molar-refractivity contribution in [2.45, 2.75) is 31.4 Å². The van der Waals surface area contributed by atoms with Gasteiger partial charge in [0, 0.05) is 13.1 Å². The van der Waals surface area contributed by atoms with Gasteiger partial charge in [-0.05, 0) is 43.0 Å². The van der Waals surface area contributed by atoms with Crippen LogP contribution in [0.3, 0.4) is 0 Å². The maximum Gasteiger partial charge on any atom is 0.0902 e. The van der Waals surface area contributed by atoms with Gasteiger partial charge in [0.2, 0.25) is 0 Å². The van der Waals surface area contributed by atoms with Crippen LogP contribution < -0.4 is 0 Å². The average Bonchev–Trinajstić information content (AvgIpc) is 2.96. The van der Waals surface area contributed by atoms with Crippen LogP contribution in [0.1, 0.15) is 29.5 Å². The minimum absolute atomic E-state index is 0.483. The highest BCUT2D eigenvalue weighted by atomic mass is 16.3. The summed E-state index contributed by atoms with van der Waals surface area (Å²) in [6.45, 7) is 2.13. The summed E-state index contributed by atoms with van der Waals surface area (Å²) < 4.78 is 0. The Labute approximate surface area is 90.5 Å². The fourth-order valence-corrected chi connectivity index (χ4v) is 2.54. The van der Waals surface area contributed by atoms with Gasteiger partial charge in [-0.15, -0.1) is 0 Å². The molecule has 2 nitrogen and oxygen atoms in total. The largest absolute Gasteiger partial charge is 0.385 e. The second kappa shape index (κ2) is 3.06. The first-order valence-electron chi connectivity index (χ1n) is 5.71. The van der Waals surface area contributed by atoms with E-state index >= 15 is 0 Å². The molecule has 0 saturated heterocycles. The van der Waals surface area contributed by atoms with Crippen molar-refractivity contribution >= 4 is 0 Å². The van der Waals surface area contributed by atoms with Crippen molar-refractivity contribution in [1.82, 2.24) is 4.90 Å². The summed E-state index contributed by atoms with van der Waals surface area (Å²) in [6.07, 6.45) is 3.00. The van der Waals surface area contributed by atoms with Crippen LogP contribution in [-0.2, 0) is 18.6 Å². The molecule has 0 bridgehead atoms. The van der Waals surface area contributed by atoms with Crippen molar-refractivity contribution < 1.29 is 5.11 Å². The Bertz CT molecular complexity index is 396. The Morgan fingerprint density at radius 2 is 2.13 bits per heavy atom. The first-order chi connectivity index (χ1) is 7.19. The van der Waals surface area contributed by atoms with Crippen LogP contribution in [0.25, 0.3) is 0 Å². The summed E-state index contributed by atoms with van der Waals surface area (Å²) >= 11 is 0. The monoisotopic (exact) mass is 203 g/mol. The summed E-state index contributed by atoms with van der Waals surface area (Å²) in [4.78, 5) is 2.33. The SMILES string of the molecule is CN1CCc2cccc(C3(O)CC3)c2C1. The van der Waals surface area contributed by atoms with E-state index < -0.39 is 5.60 Å². The van der Waals surface area contributed by atoms with E-state index in [0.29, 0.717) is 0 Å². The fraction of sp³-hybridized carbons (Fsp3) is 0.538. The zero-order valence-electron chi connectivity index (χ0n) is 9.16. The van der Waals surface area contributed by atoms with Gasteiger partial charge in [-0.2, -0.15) is 0 Å². The van der Waals surface area contributed by atoms with Gasteiger partial charge in [0.25, 0.3) is 0 Å². The van der Waals surface area contributed by atoms with Gasteiger partial charge in [-0.25, -0.2) is 0 Å². The lowest BCUT2D eigenvalue weighted by Crippen LogP contribution is -2.28. The molecule has 3 rings (SSSR count). The topological polar surface area (TPSA) is 23.5 Å². The fourth-order valence-electron chi connectivity index (χ4n) is 2.54. The number of rotatable bonds is 1. The lowest BCUT2D eigenvalue weighted by molar-refractivity contribution is 0.148. The Morgan fingerprint density at radius 3 is 2.87 bits per heavy atom. The van der Waals surface area contributed by atoms with E-state index in [-0.39, 0.29) is 0 Å². The van der Waals surface area contributed by atoms with E-state index in [2.05, 4.69) is 30.1 Å². The van der Waals surface area contributed by atoms with E-state index in [9.17, 15) is 5.11 Å². The molecule has 1 N–H and O–H groups in total. The number of likely N-dealkylation sites (N-methyl/N-ethyl adjacent to an activating group) is 1. The van der Waals surface area contributed by atoms with Gasteiger partial charge < -0.3 is 10.0 Å². The molecule has 1 aliphatic heterocycles. The number of fused-ring (bicyclic) bond motifs is 1. The first-order valence-corrected chi connectivity index (χ1v) is 5.71. The number of nitrogens with zero attached hydrogens (tertiary/aromatic N) is 1. The van der Waals surface area contributed by atoms with Crippen LogP contribution in [0.4, 0.5) is 0 Å². The number of hydrogen-bond donors (Lipinski definition) is 1. The van der Waals surface area contributed by atoms with Gasteiger partial charge in [0.05, 0.1) is 5.60 Å². The smallest absolute Gasteiger partial charge is 0.0902 e. The summed E-state index contributed by atoms with van der Waals surface area (Å²) in [5.74, 6) is 0. The number of benzene rings is 1. The average molecular weight is 203 g/mol. The van der Waals surface area contributed by atoms with Gasteiger partial charge in [-0.1, -0.05) is 18.2 Å². The molecule has 2 heteroatoms. The van der Waals surface area contributed by atoms with Gasteiger partial charge in [0.1, 0.15) is 0 Å². The highest BCUT2D eigenvalue weighted by Crippen LogP contribution is 2.47. The van der Waals surface area contributed by atoms with Gasteiger partial charge in [0.15, 0.2) is 0 Å². The highest BCUT2D eigenvalue weighted by Gasteiger charge is 2.44. The third kappa shape index (κ3) is 1.48. The standard InChI is InChI=1S/C13H17NO/c1-14-8-5-10-3-2-4-12(11(10)9-14)13(15)6-7-13/h2-4,15H,5-9H2,1H3.